The lowest BCUT2D eigenvalue weighted by Crippen LogP contribution is -1.86. The molecule has 0 amide bonds. The second kappa shape index (κ2) is 4.43. The van der Waals surface area contributed by atoms with Gasteiger partial charge in [-0.3, -0.25) is 0 Å². The molecule has 1 aromatic carbocycles. The van der Waals surface area contributed by atoms with Crippen LogP contribution in [0.25, 0.3) is 0 Å². The van der Waals surface area contributed by atoms with Gasteiger partial charge in [-0.2, -0.15) is 25.3 Å². The van der Waals surface area contributed by atoms with Crippen LogP contribution in [0.15, 0.2) is 22.7 Å². The predicted octanol–water partition coefficient (Wildman–Crippen LogP) is 3.31. The molecule has 0 radical (unpaired) electrons. The minimum absolute atomic E-state index is 0.766. The number of rotatable bonds is 2. The van der Waals surface area contributed by atoms with E-state index in [1.165, 1.54) is 11.1 Å². The number of thiol groups is 2. The number of hydrogen-bond donors (Lipinski definition) is 2. The largest absolute Gasteiger partial charge is 0.175 e. The highest BCUT2D eigenvalue weighted by atomic mass is 79.9. The fourth-order valence-electron chi connectivity index (χ4n) is 0.877. The molecule has 0 N–H and O–H groups in total. The van der Waals surface area contributed by atoms with Crippen molar-refractivity contribution in [2.24, 2.45) is 0 Å². The van der Waals surface area contributed by atoms with E-state index in [2.05, 4.69) is 53.3 Å². The summed E-state index contributed by atoms with van der Waals surface area (Å²) >= 11 is 11.9. The first-order chi connectivity index (χ1) is 5.29. The van der Waals surface area contributed by atoms with Crippen molar-refractivity contribution in [1.29, 1.82) is 0 Å². The Morgan fingerprint density at radius 3 is 1.91 bits per heavy atom. The Labute approximate surface area is 86.3 Å². The molecule has 0 bridgehead atoms. The van der Waals surface area contributed by atoms with E-state index in [0.717, 1.165) is 16.0 Å². The van der Waals surface area contributed by atoms with Gasteiger partial charge in [0.15, 0.2) is 0 Å². The standard InChI is InChI=1S/C8H9BrS2/c9-8-6(4-10)2-1-3-7(8)5-11/h1-3,10-11H,4-5H2. The van der Waals surface area contributed by atoms with Gasteiger partial charge in [0.2, 0.25) is 0 Å². The molecule has 0 unspecified atom stereocenters. The van der Waals surface area contributed by atoms with Crippen molar-refractivity contribution < 1.29 is 0 Å². The Hall–Kier alpha value is 0.400. The van der Waals surface area contributed by atoms with Crippen LogP contribution in [-0.4, -0.2) is 0 Å². The first-order valence-electron chi connectivity index (χ1n) is 3.27. The highest BCUT2D eigenvalue weighted by Gasteiger charge is 2.01. The van der Waals surface area contributed by atoms with Gasteiger partial charge >= 0.3 is 0 Å². The molecule has 11 heavy (non-hydrogen) atoms. The van der Waals surface area contributed by atoms with Crippen molar-refractivity contribution in [1.82, 2.24) is 0 Å². The molecule has 60 valence electrons. The Kier molecular flexibility index (Phi) is 3.82. The summed E-state index contributed by atoms with van der Waals surface area (Å²) in [4.78, 5) is 0. The van der Waals surface area contributed by atoms with Gasteiger partial charge in [0.25, 0.3) is 0 Å². The smallest absolute Gasteiger partial charge is 0.0255 e. The summed E-state index contributed by atoms with van der Waals surface area (Å²) < 4.78 is 1.14. The number of benzene rings is 1. The van der Waals surface area contributed by atoms with Crippen LogP contribution in [0.3, 0.4) is 0 Å². The van der Waals surface area contributed by atoms with Crippen molar-refractivity contribution in [2.45, 2.75) is 11.5 Å². The summed E-state index contributed by atoms with van der Waals surface area (Å²) in [6.07, 6.45) is 0. The first-order valence-corrected chi connectivity index (χ1v) is 5.33. The summed E-state index contributed by atoms with van der Waals surface area (Å²) in [7, 11) is 0. The van der Waals surface area contributed by atoms with E-state index in [0.29, 0.717) is 0 Å². The van der Waals surface area contributed by atoms with Crippen LogP contribution in [0.1, 0.15) is 11.1 Å². The van der Waals surface area contributed by atoms with Gasteiger partial charge in [0.05, 0.1) is 0 Å². The predicted molar refractivity (Wildman–Crippen MR) is 59.5 cm³/mol. The lowest BCUT2D eigenvalue weighted by atomic mass is 10.2. The molecule has 0 heterocycles. The Bertz CT molecular complexity index is 226. The lowest BCUT2D eigenvalue weighted by Gasteiger charge is -2.04. The fraction of sp³-hybridized carbons (Fsp3) is 0.250. The Morgan fingerprint density at radius 1 is 1.09 bits per heavy atom. The molecular formula is C8H9BrS2. The second-order valence-electron chi connectivity index (χ2n) is 2.21. The maximum Gasteiger partial charge on any atom is 0.0255 e. The van der Waals surface area contributed by atoms with Gasteiger partial charge in [-0.25, -0.2) is 0 Å². The summed E-state index contributed by atoms with van der Waals surface area (Å²) in [5.74, 6) is 1.53. The third-order valence-corrected chi connectivity index (χ3v) is 3.20. The molecule has 0 saturated heterocycles. The fourth-order valence-corrected chi connectivity index (χ4v) is 2.38. The average Bonchev–Trinajstić information content (AvgIpc) is 2.05. The van der Waals surface area contributed by atoms with E-state index >= 15 is 0 Å². The Morgan fingerprint density at radius 2 is 1.55 bits per heavy atom. The number of halogens is 1. The summed E-state index contributed by atoms with van der Waals surface area (Å²) in [6.45, 7) is 0. The highest BCUT2D eigenvalue weighted by molar-refractivity contribution is 9.10. The van der Waals surface area contributed by atoms with E-state index in [1.807, 2.05) is 6.07 Å². The minimum atomic E-state index is 0.766. The molecule has 0 aliphatic carbocycles. The SMILES string of the molecule is SCc1cccc(CS)c1Br. The van der Waals surface area contributed by atoms with Crippen molar-refractivity contribution >= 4 is 41.2 Å². The van der Waals surface area contributed by atoms with Crippen molar-refractivity contribution in [2.75, 3.05) is 0 Å². The highest BCUT2D eigenvalue weighted by Crippen LogP contribution is 2.24. The summed E-state index contributed by atoms with van der Waals surface area (Å²) in [5.41, 5.74) is 2.44. The van der Waals surface area contributed by atoms with E-state index in [4.69, 9.17) is 0 Å². The molecule has 0 aliphatic heterocycles. The maximum atomic E-state index is 4.21. The third-order valence-electron chi connectivity index (χ3n) is 1.50. The molecule has 0 aliphatic rings. The van der Waals surface area contributed by atoms with E-state index in [-0.39, 0.29) is 0 Å². The van der Waals surface area contributed by atoms with Gasteiger partial charge in [-0.1, -0.05) is 34.1 Å². The molecule has 0 fully saturated rings. The van der Waals surface area contributed by atoms with Gasteiger partial charge in [0.1, 0.15) is 0 Å². The number of hydrogen-bond acceptors (Lipinski definition) is 2. The Balaban J connectivity index is 3.10. The van der Waals surface area contributed by atoms with Crippen LogP contribution < -0.4 is 0 Å². The van der Waals surface area contributed by atoms with Crippen LogP contribution in [-0.2, 0) is 11.5 Å². The lowest BCUT2D eigenvalue weighted by molar-refractivity contribution is 1.30. The van der Waals surface area contributed by atoms with E-state index in [1.54, 1.807) is 0 Å². The van der Waals surface area contributed by atoms with Gasteiger partial charge in [-0.05, 0) is 11.1 Å². The van der Waals surface area contributed by atoms with Crippen LogP contribution in [0.5, 0.6) is 0 Å². The van der Waals surface area contributed by atoms with Crippen LogP contribution in [0.4, 0.5) is 0 Å². The first kappa shape index (κ1) is 9.49. The molecule has 1 aromatic rings. The molecule has 0 atom stereocenters. The van der Waals surface area contributed by atoms with Gasteiger partial charge in [-0.15, -0.1) is 0 Å². The molecule has 1 rings (SSSR count). The quantitative estimate of drug-likeness (QED) is 0.738. The third kappa shape index (κ3) is 2.17. The van der Waals surface area contributed by atoms with E-state index < -0.39 is 0 Å². The summed E-state index contributed by atoms with van der Waals surface area (Å²) in [5, 5.41) is 0. The maximum absolute atomic E-state index is 4.21. The topological polar surface area (TPSA) is 0 Å². The van der Waals surface area contributed by atoms with Crippen LogP contribution >= 0.6 is 41.2 Å². The second-order valence-corrected chi connectivity index (χ2v) is 3.63. The zero-order chi connectivity index (χ0) is 8.27. The van der Waals surface area contributed by atoms with Crippen molar-refractivity contribution in [3.05, 3.63) is 33.8 Å². The van der Waals surface area contributed by atoms with Crippen LogP contribution in [0, 0.1) is 0 Å². The van der Waals surface area contributed by atoms with E-state index in [9.17, 15) is 0 Å². The molecule has 0 saturated carbocycles. The van der Waals surface area contributed by atoms with Crippen molar-refractivity contribution in [3.8, 4) is 0 Å². The molecule has 0 spiro atoms. The zero-order valence-corrected chi connectivity index (χ0v) is 9.29. The summed E-state index contributed by atoms with van der Waals surface area (Å²) in [6, 6.07) is 6.15. The van der Waals surface area contributed by atoms with Crippen LogP contribution in [0.2, 0.25) is 0 Å². The average molecular weight is 249 g/mol. The van der Waals surface area contributed by atoms with Crippen molar-refractivity contribution in [3.63, 3.8) is 0 Å². The minimum Gasteiger partial charge on any atom is -0.175 e. The van der Waals surface area contributed by atoms with Gasteiger partial charge in [0, 0.05) is 16.0 Å². The zero-order valence-electron chi connectivity index (χ0n) is 5.92. The monoisotopic (exact) mass is 248 g/mol. The molecular weight excluding hydrogens is 240 g/mol. The molecule has 0 nitrogen and oxygen atoms in total. The molecule has 0 aromatic heterocycles. The normalized spacial score (nSPS) is 10.1. The van der Waals surface area contributed by atoms with Gasteiger partial charge < -0.3 is 0 Å². The molecule has 3 heteroatoms.